The van der Waals surface area contributed by atoms with Crippen molar-refractivity contribution in [3.8, 4) is 0 Å². The van der Waals surface area contributed by atoms with Crippen LogP contribution < -0.4 is 11.1 Å². The SMILES string of the molecule is CC(O)(C(=N)C(=O)/C=C\Nc1ccc(Cl)cc1)c1cccc(N)c1. The van der Waals surface area contributed by atoms with Crippen LogP contribution in [0.15, 0.2) is 60.8 Å². The number of hydrogen-bond donors (Lipinski definition) is 4. The fraction of sp³-hybridized carbons (Fsp3) is 0.111. The molecule has 0 aliphatic rings. The van der Waals surface area contributed by atoms with E-state index in [0.717, 1.165) is 5.69 Å². The predicted molar refractivity (Wildman–Crippen MR) is 97.4 cm³/mol. The average molecular weight is 344 g/mol. The largest absolute Gasteiger partial charge is 0.399 e. The third-order valence-corrected chi connectivity index (χ3v) is 3.76. The summed E-state index contributed by atoms with van der Waals surface area (Å²) in [6.07, 6.45) is 2.60. The monoisotopic (exact) mass is 343 g/mol. The van der Waals surface area contributed by atoms with Gasteiger partial charge in [-0.05, 0) is 48.9 Å². The highest BCUT2D eigenvalue weighted by atomic mass is 35.5. The van der Waals surface area contributed by atoms with Gasteiger partial charge in [0.05, 0.1) is 0 Å². The van der Waals surface area contributed by atoms with E-state index in [-0.39, 0.29) is 0 Å². The molecule has 5 N–H and O–H groups in total. The fourth-order valence-corrected chi connectivity index (χ4v) is 2.19. The number of anilines is 2. The summed E-state index contributed by atoms with van der Waals surface area (Å²) in [5, 5.41) is 22.0. The molecule has 124 valence electrons. The van der Waals surface area contributed by atoms with Crippen LogP contribution in [0, 0.1) is 5.41 Å². The number of halogens is 1. The van der Waals surface area contributed by atoms with Gasteiger partial charge >= 0.3 is 0 Å². The Labute approximate surface area is 145 Å². The molecule has 0 aromatic heterocycles. The second kappa shape index (κ2) is 7.29. The van der Waals surface area contributed by atoms with Crippen molar-refractivity contribution in [1.82, 2.24) is 0 Å². The number of nitrogen functional groups attached to an aromatic ring is 1. The maximum Gasteiger partial charge on any atom is 0.204 e. The van der Waals surface area contributed by atoms with E-state index >= 15 is 0 Å². The van der Waals surface area contributed by atoms with E-state index in [1.54, 1.807) is 42.5 Å². The van der Waals surface area contributed by atoms with E-state index in [0.29, 0.717) is 16.3 Å². The lowest BCUT2D eigenvalue weighted by Gasteiger charge is -2.23. The van der Waals surface area contributed by atoms with Crippen molar-refractivity contribution in [1.29, 1.82) is 5.41 Å². The summed E-state index contributed by atoms with van der Waals surface area (Å²) in [6.45, 7) is 1.39. The molecule has 1 unspecified atom stereocenters. The second-order valence-electron chi connectivity index (χ2n) is 5.42. The van der Waals surface area contributed by atoms with E-state index in [4.69, 9.17) is 22.7 Å². The standard InChI is InChI=1S/C18H18ClN3O2/c1-18(24,12-3-2-4-14(20)11-12)17(21)16(23)9-10-22-15-7-5-13(19)6-8-15/h2-11,21-22,24H,20H2,1H3/b10-9-,21-17?. The van der Waals surface area contributed by atoms with Crippen LogP contribution in [0.5, 0.6) is 0 Å². The molecule has 0 saturated carbocycles. The Hall–Kier alpha value is -2.63. The molecule has 0 aliphatic carbocycles. The van der Waals surface area contributed by atoms with E-state index < -0.39 is 17.1 Å². The summed E-state index contributed by atoms with van der Waals surface area (Å²) >= 11 is 5.79. The lowest BCUT2D eigenvalue weighted by atomic mass is 9.88. The summed E-state index contributed by atoms with van der Waals surface area (Å²) in [6, 6.07) is 13.4. The number of rotatable bonds is 6. The zero-order valence-electron chi connectivity index (χ0n) is 13.1. The van der Waals surface area contributed by atoms with Crippen molar-refractivity contribution in [3.63, 3.8) is 0 Å². The summed E-state index contributed by atoms with van der Waals surface area (Å²) in [5.41, 5.74) is 5.11. The number of hydrogen-bond acceptors (Lipinski definition) is 5. The van der Waals surface area contributed by atoms with Gasteiger partial charge in [-0.25, -0.2) is 0 Å². The number of aliphatic hydroxyl groups is 1. The Morgan fingerprint density at radius 2 is 1.96 bits per heavy atom. The molecular formula is C18H18ClN3O2. The summed E-state index contributed by atoms with van der Waals surface area (Å²) in [7, 11) is 0. The van der Waals surface area contributed by atoms with Crippen LogP contribution in [0.1, 0.15) is 12.5 Å². The second-order valence-corrected chi connectivity index (χ2v) is 5.86. The third-order valence-electron chi connectivity index (χ3n) is 3.51. The maximum absolute atomic E-state index is 12.1. The lowest BCUT2D eigenvalue weighted by Crippen LogP contribution is -2.36. The Kier molecular flexibility index (Phi) is 5.39. The van der Waals surface area contributed by atoms with Gasteiger partial charge in [0.15, 0.2) is 0 Å². The predicted octanol–water partition coefficient (Wildman–Crippen LogP) is 3.34. The quantitative estimate of drug-likeness (QED) is 0.367. The first kappa shape index (κ1) is 17.7. The van der Waals surface area contributed by atoms with Crippen molar-refractivity contribution in [2.45, 2.75) is 12.5 Å². The molecule has 5 nitrogen and oxygen atoms in total. The topological polar surface area (TPSA) is 99.2 Å². The summed E-state index contributed by atoms with van der Waals surface area (Å²) in [4.78, 5) is 12.1. The van der Waals surface area contributed by atoms with Crippen LogP contribution in [0.2, 0.25) is 5.02 Å². The zero-order chi connectivity index (χ0) is 17.7. The molecule has 6 heteroatoms. The normalized spacial score (nSPS) is 13.5. The van der Waals surface area contributed by atoms with Crippen LogP contribution in [0.4, 0.5) is 11.4 Å². The van der Waals surface area contributed by atoms with Crippen LogP contribution in [0.3, 0.4) is 0 Å². The molecule has 0 heterocycles. The highest BCUT2D eigenvalue weighted by Crippen LogP contribution is 2.24. The molecule has 2 aromatic rings. The van der Waals surface area contributed by atoms with Crippen LogP contribution in [0.25, 0.3) is 0 Å². The molecule has 0 aliphatic heterocycles. The van der Waals surface area contributed by atoms with E-state index in [9.17, 15) is 9.90 Å². The molecule has 0 saturated heterocycles. The van der Waals surface area contributed by atoms with Gasteiger partial charge in [0.2, 0.25) is 5.78 Å². The number of nitrogens with two attached hydrogens (primary N) is 1. The van der Waals surface area contributed by atoms with Crippen molar-refractivity contribution in [3.05, 3.63) is 71.4 Å². The van der Waals surface area contributed by atoms with Gasteiger partial charge in [-0.1, -0.05) is 23.7 Å². The smallest absolute Gasteiger partial charge is 0.204 e. The minimum Gasteiger partial charge on any atom is -0.399 e. The minimum absolute atomic E-state index is 0.389. The number of benzene rings is 2. The van der Waals surface area contributed by atoms with Crippen molar-refractivity contribution in [2.24, 2.45) is 0 Å². The Bertz CT molecular complexity index is 783. The van der Waals surface area contributed by atoms with Gasteiger partial charge in [0, 0.05) is 28.7 Å². The number of carbonyl (C=O) groups excluding carboxylic acids is 1. The van der Waals surface area contributed by atoms with Crippen molar-refractivity contribution < 1.29 is 9.90 Å². The number of carbonyl (C=O) groups is 1. The number of allylic oxidation sites excluding steroid dienone is 1. The van der Waals surface area contributed by atoms with Crippen LogP contribution in [-0.2, 0) is 10.4 Å². The van der Waals surface area contributed by atoms with E-state index in [2.05, 4.69) is 5.32 Å². The molecule has 1 atom stereocenters. The third kappa shape index (κ3) is 4.22. The van der Waals surface area contributed by atoms with Gasteiger partial charge in [-0.3, -0.25) is 10.2 Å². The number of ketones is 1. The van der Waals surface area contributed by atoms with Crippen LogP contribution >= 0.6 is 11.6 Å². The van der Waals surface area contributed by atoms with Gasteiger partial charge in [0.25, 0.3) is 0 Å². The van der Waals surface area contributed by atoms with Crippen molar-refractivity contribution >= 4 is 34.5 Å². The van der Waals surface area contributed by atoms with Gasteiger partial charge in [-0.2, -0.15) is 0 Å². The first-order valence-electron chi connectivity index (χ1n) is 7.21. The Morgan fingerprint density at radius 3 is 2.58 bits per heavy atom. The molecule has 0 fully saturated rings. The molecule has 24 heavy (non-hydrogen) atoms. The first-order valence-corrected chi connectivity index (χ1v) is 7.59. The fourth-order valence-electron chi connectivity index (χ4n) is 2.07. The summed E-state index contributed by atoms with van der Waals surface area (Å²) < 4.78 is 0. The molecule has 2 rings (SSSR count). The van der Waals surface area contributed by atoms with Gasteiger partial charge in [0.1, 0.15) is 11.3 Å². The van der Waals surface area contributed by atoms with Crippen LogP contribution in [-0.4, -0.2) is 16.6 Å². The average Bonchev–Trinajstić information content (AvgIpc) is 2.55. The van der Waals surface area contributed by atoms with Crippen molar-refractivity contribution in [2.75, 3.05) is 11.1 Å². The number of nitrogens with one attached hydrogen (secondary N) is 2. The molecule has 0 bridgehead atoms. The maximum atomic E-state index is 12.1. The highest BCUT2D eigenvalue weighted by molar-refractivity contribution is 6.45. The zero-order valence-corrected chi connectivity index (χ0v) is 13.8. The minimum atomic E-state index is -1.73. The van der Waals surface area contributed by atoms with Gasteiger partial charge < -0.3 is 16.2 Å². The Morgan fingerprint density at radius 1 is 1.29 bits per heavy atom. The highest BCUT2D eigenvalue weighted by Gasteiger charge is 2.32. The lowest BCUT2D eigenvalue weighted by molar-refractivity contribution is -0.109. The first-order chi connectivity index (χ1) is 11.3. The summed E-state index contributed by atoms with van der Waals surface area (Å²) in [5.74, 6) is -0.608. The molecule has 0 spiro atoms. The molecule has 2 aromatic carbocycles. The van der Waals surface area contributed by atoms with E-state index in [1.165, 1.54) is 25.3 Å². The molecular weight excluding hydrogens is 326 g/mol. The van der Waals surface area contributed by atoms with Gasteiger partial charge in [-0.15, -0.1) is 0 Å². The molecule has 0 radical (unpaired) electrons. The molecule has 0 amide bonds. The Balaban J connectivity index is 2.06. The van der Waals surface area contributed by atoms with E-state index in [1.807, 2.05) is 0 Å².